The molecule has 0 atom stereocenters. The highest BCUT2D eigenvalue weighted by Gasteiger charge is 2.06. The molecule has 54 valence electrons. The topological polar surface area (TPSA) is 3.24 Å². The summed E-state index contributed by atoms with van der Waals surface area (Å²) >= 11 is 1.68. The van der Waals surface area contributed by atoms with Crippen molar-refractivity contribution in [2.45, 2.75) is 6.42 Å². The number of rotatable bonds is 2. The van der Waals surface area contributed by atoms with Gasteiger partial charge in [0.25, 0.3) is 0 Å². The van der Waals surface area contributed by atoms with Gasteiger partial charge < -0.3 is 4.90 Å². The zero-order valence-electron chi connectivity index (χ0n) is 6.13. The molecule has 0 spiro atoms. The zero-order chi connectivity index (χ0) is 7.40. The minimum atomic E-state index is 1.08. The first kappa shape index (κ1) is 7.52. The second-order valence-corrected chi connectivity index (χ2v) is 2.85. The van der Waals surface area contributed by atoms with Crippen molar-refractivity contribution in [2.75, 3.05) is 12.8 Å². The van der Waals surface area contributed by atoms with Crippen LogP contribution in [0, 0.1) is 0 Å². The number of thioether (sulfide) groups is 1. The Morgan fingerprint density at radius 1 is 1.80 bits per heavy atom. The van der Waals surface area contributed by atoms with E-state index in [1.54, 1.807) is 11.8 Å². The molecule has 0 aromatic rings. The normalized spacial score (nSPS) is 15.5. The second-order valence-electron chi connectivity index (χ2n) is 2.05. The van der Waals surface area contributed by atoms with Crippen molar-refractivity contribution >= 4 is 11.8 Å². The average molecular weight is 153 g/mol. The Labute approximate surface area is 66.1 Å². The van der Waals surface area contributed by atoms with Gasteiger partial charge in [0.15, 0.2) is 0 Å². The molecule has 0 saturated heterocycles. The van der Waals surface area contributed by atoms with Crippen molar-refractivity contribution in [3.05, 3.63) is 29.6 Å². The van der Waals surface area contributed by atoms with Gasteiger partial charge in [-0.2, -0.15) is 0 Å². The van der Waals surface area contributed by atoms with Crippen LogP contribution in [0.5, 0.6) is 0 Å². The van der Waals surface area contributed by atoms with Gasteiger partial charge in [0.1, 0.15) is 5.03 Å². The summed E-state index contributed by atoms with van der Waals surface area (Å²) in [5, 5.41) is 1.12. The van der Waals surface area contributed by atoms with Gasteiger partial charge in [-0.25, -0.2) is 0 Å². The van der Waals surface area contributed by atoms with Gasteiger partial charge in [-0.3, -0.25) is 0 Å². The van der Waals surface area contributed by atoms with Crippen LogP contribution in [-0.2, 0) is 0 Å². The second kappa shape index (κ2) is 3.55. The molecule has 1 heterocycles. The van der Waals surface area contributed by atoms with Gasteiger partial charge in [0.2, 0.25) is 0 Å². The maximum Gasteiger partial charge on any atom is 0.118 e. The van der Waals surface area contributed by atoms with Crippen molar-refractivity contribution in [1.29, 1.82) is 0 Å². The van der Waals surface area contributed by atoms with E-state index in [-0.39, 0.29) is 0 Å². The summed E-state index contributed by atoms with van der Waals surface area (Å²) in [7, 11) is 0. The molecule has 10 heavy (non-hydrogen) atoms. The summed E-state index contributed by atoms with van der Waals surface area (Å²) in [6, 6.07) is 0. The zero-order valence-corrected chi connectivity index (χ0v) is 6.95. The molecule has 0 aliphatic carbocycles. The van der Waals surface area contributed by atoms with Crippen LogP contribution in [0.2, 0.25) is 0 Å². The van der Waals surface area contributed by atoms with E-state index in [2.05, 4.69) is 29.5 Å². The molecular formula is C8H11NS. The fourth-order valence-electron chi connectivity index (χ4n) is 0.950. The Balaban J connectivity index is 2.63. The van der Waals surface area contributed by atoms with E-state index >= 15 is 0 Å². The quantitative estimate of drug-likeness (QED) is 0.559. The largest absolute Gasteiger partial charge is 0.336 e. The van der Waals surface area contributed by atoms with E-state index in [4.69, 9.17) is 0 Å². The van der Waals surface area contributed by atoms with E-state index in [0.717, 1.165) is 18.0 Å². The summed E-state index contributed by atoms with van der Waals surface area (Å²) in [4.78, 5) is 2.16. The molecular weight excluding hydrogens is 142 g/mol. The van der Waals surface area contributed by atoms with Crippen molar-refractivity contribution in [1.82, 2.24) is 4.90 Å². The summed E-state index contributed by atoms with van der Waals surface area (Å²) < 4.78 is 0. The van der Waals surface area contributed by atoms with Gasteiger partial charge >= 0.3 is 0 Å². The van der Waals surface area contributed by atoms with E-state index in [9.17, 15) is 0 Å². The fourth-order valence-corrected chi connectivity index (χ4v) is 1.48. The van der Waals surface area contributed by atoms with Crippen LogP contribution in [0.15, 0.2) is 29.6 Å². The van der Waals surface area contributed by atoms with E-state index in [1.165, 1.54) is 0 Å². The molecule has 0 aromatic carbocycles. The highest BCUT2D eigenvalue weighted by Crippen LogP contribution is 2.19. The lowest BCUT2D eigenvalue weighted by Crippen LogP contribution is -2.10. The number of nitrogens with zero attached hydrogens (tertiary/aromatic N) is 1. The van der Waals surface area contributed by atoms with Crippen molar-refractivity contribution < 1.29 is 0 Å². The Hall–Kier alpha value is -0.590. The van der Waals surface area contributed by atoms with Crippen molar-refractivity contribution in [2.24, 2.45) is 0 Å². The fraction of sp³-hybridized carbons (Fsp3) is 0.375. The maximum atomic E-state index is 3.62. The number of hydrogen-bond acceptors (Lipinski definition) is 2. The summed E-state index contributed by atoms with van der Waals surface area (Å²) in [6.45, 7) is 4.70. The van der Waals surface area contributed by atoms with Crippen LogP contribution in [0.4, 0.5) is 0 Å². The maximum absolute atomic E-state index is 3.62. The van der Waals surface area contributed by atoms with E-state index < -0.39 is 0 Å². The molecule has 0 aromatic heterocycles. The molecule has 0 radical (unpaired) electrons. The first-order valence-corrected chi connectivity index (χ1v) is 4.48. The van der Waals surface area contributed by atoms with Crippen LogP contribution in [0.1, 0.15) is 6.42 Å². The SMILES string of the molecule is C=C=C(SC)N1C=CCC1. The monoisotopic (exact) mass is 153 g/mol. The van der Waals surface area contributed by atoms with Crippen LogP contribution in [-0.4, -0.2) is 17.7 Å². The molecule has 0 unspecified atom stereocenters. The molecule has 0 amide bonds. The predicted molar refractivity (Wildman–Crippen MR) is 46.6 cm³/mol. The highest BCUT2D eigenvalue weighted by molar-refractivity contribution is 8.02. The first-order valence-electron chi connectivity index (χ1n) is 3.26. The lowest BCUT2D eigenvalue weighted by molar-refractivity contribution is 0.538. The van der Waals surface area contributed by atoms with Gasteiger partial charge in [0.05, 0.1) is 0 Å². The molecule has 1 aliphatic rings. The van der Waals surface area contributed by atoms with E-state index in [0.29, 0.717) is 0 Å². The van der Waals surface area contributed by atoms with Gasteiger partial charge in [-0.1, -0.05) is 18.4 Å². The third kappa shape index (κ3) is 1.47. The van der Waals surface area contributed by atoms with Crippen LogP contribution >= 0.6 is 11.8 Å². The van der Waals surface area contributed by atoms with Gasteiger partial charge in [0, 0.05) is 12.7 Å². The first-order chi connectivity index (χ1) is 4.88. The lowest BCUT2D eigenvalue weighted by atomic mass is 10.5. The highest BCUT2D eigenvalue weighted by atomic mass is 32.2. The van der Waals surface area contributed by atoms with Crippen molar-refractivity contribution in [3.63, 3.8) is 0 Å². The third-order valence-electron chi connectivity index (χ3n) is 1.43. The van der Waals surface area contributed by atoms with Crippen LogP contribution in [0.3, 0.4) is 0 Å². The third-order valence-corrected chi connectivity index (χ3v) is 2.19. The minimum Gasteiger partial charge on any atom is -0.336 e. The Morgan fingerprint density at radius 3 is 3.00 bits per heavy atom. The summed E-state index contributed by atoms with van der Waals surface area (Å²) in [5.74, 6) is 0. The molecule has 1 nitrogen and oxygen atoms in total. The molecule has 0 N–H and O–H groups in total. The van der Waals surface area contributed by atoms with E-state index in [1.807, 2.05) is 6.26 Å². The van der Waals surface area contributed by atoms with Crippen LogP contribution < -0.4 is 0 Å². The predicted octanol–water partition coefficient (Wildman–Crippen LogP) is 2.20. The Morgan fingerprint density at radius 2 is 2.60 bits per heavy atom. The number of hydrogen-bond donors (Lipinski definition) is 0. The Bertz CT molecular complexity index is 189. The average Bonchev–Trinajstić information content (AvgIpc) is 2.43. The van der Waals surface area contributed by atoms with Crippen LogP contribution in [0.25, 0.3) is 0 Å². The standard InChI is InChI=1S/C8H11NS/c1-3-8(10-2)9-6-4-5-7-9/h4,6H,1,5,7H2,2H3. The van der Waals surface area contributed by atoms with Gasteiger partial charge in [-0.15, -0.1) is 11.8 Å². The molecule has 1 rings (SSSR count). The molecule has 1 aliphatic heterocycles. The Kier molecular flexibility index (Phi) is 2.67. The lowest BCUT2D eigenvalue weighted by Gasteiger charge is -2.14. The minimum absolute atomic E-state index is 1.08. The summed E-state index contributed by atoms with van der Waals surface area (Å²) in [5.41, 5.74) is 2.90. The smallest absolute Gasteiger partial charge is 0.118 e. The molecule has 2 heteroatoms. The molecule has 0 bridgehead atoms. The van der Waals surface area contributed by atoms with Gasteiger partial charge in [-0.05, 0) is 12.7 Å². The summed E-state index contributed by atoms with van der Waals surface area (Å²) in [6.07, 6.45) is 7.43. The molecule has 0 saturated carbocycles. The van der Waals surface area contributed by atoms with Crippen molar-refractivity contribution in [3.8, 4) is 0 Å². The molecule has 0 fully saturated rings.